The summed E-state index contributed by atoms with van der Waals surface area (Å²) < 4.78 is 33.5. The number of carbonyl (C=O) groups is 2. The molecule has 3 rings (SSSR count). The highest BCUT2D eigenvalue weighted by molar-refractivity contribution is 6.31. The van der Waals surface area contributed by atoms with Crippen LogP contribution in [0.1, 0.15) is 30.0 Å². The summed E-state index contributed by atoms with van der Waals surface area (Å²) in [6, 6.07) is 13.4. The summed E-state index contributed by atoms with van der Waals surface area (Å²) in [6.45, 7) is -0.290. The number of ether oxygens (including phenoxy) is 1. The molecule has 0 saturated carbocycles. The second kappa shape index (κ2) is 11.9. The summed E-state index contributed by atoms with van der Waals surface area (Å²) in [4.78, 5) is 29.6. The Kier molecular flexibility index (Phi) is 8.89. The van der Waals surface area contributed by atoms with Gasteiger partial charge in [0.05, 0.1) is 30.1 Å². The van der Waals surface area contributed by atoms with Gasteiger partial charge in [-0.3, -0.25) is 4.98 Å². The van der Waals surface area contributed by atoms with E-state index >= 15 is 0 Å². The van der Waals surface area contributed by atoms with Crippen LogP contribution in [0.2, 0.25) is 5.02 Å². The number of hydrogen-bond donors (Lipinski definition) is 1. The highest BCUT2D eigenvalue weighted by Gasteiger charge is 2.26. The molecule has 0 fully saturated rings. The van der Waals surface area contributed by atoms with E-state index in [2.05, 4.69) is 4.98 Å². The molecule has 2 unspecified atom stereocenters. The number of hydrogen-bond acceptors (Lipinski definition) is 6. The number of benzene rings is 2. The molecule has 0 radical (unpaired) electrons. The van der Waals surface area contributed by atoms with Gasteiger partial charge in [-0.05, 0) is 30.2 Å². The molecule has 1 heterocycles. The topological polar surface area (TPSA) is 79.7 Å². The Balaban J connectivity index is 2.20. The van der Waals surface area contributed by atoms with E-state index < -0.39 is 29.6 Å². The van der Waals surface area contributed by atoms with E-state index in [9.17, 15) is 23.5 Å². The molecule has 0 saturated heterocycles. The van der Waals surface area contributed by atoms with Gasteiger partial charge in [-0.2, -0.15) is 0 Å². The van der Waals surface area contributed by atoms with Gasteiger partial charge in [-0.1, -0.05) is 41.9 Å². The lowest BCUT2D eigenvalue weighted by molar-refractivity contribution is -0.142. The Morgan fingerprint density at radius 3 is 2.51 bits per heavy atom. The Labute approximate surface area is 207 Å². The maximum atomic E-state index is 14.8. The van der Waals surface area contributed by atoms with Crippen molar-refractivity contribution < 1.29 is 28.2 Å². The predicted molar refractivity (Wildman–Crippen MR) is 129 cm³/mol. The number of aliphatic hydroxyl groups excluding tert-OH is 1. The standard InChI is InChI=1S/C26H25ClF2N2O4/c1-31(25(9-6-10-32)26(34)35-2)17-11-23(18-13-20(27)22(29)14-21(18)28)30-24(12-17)19(15-33)16-7-4-3-5-8-16/h3-5,7-8,10-14,19,25,33H,6,9,15H2,1-2H3. The summed E-state index contributed by atoms with van der Waals surface area (Å²) >= 11 is 5.92. The number of aldehydes is 1. The zero-order chi connectivity index (χ0) is 25.5. The number of nitrogens with zero attached hydrogens (tertiary/aromatic N) is 2. The molecule has 0 amide bonds. The minimum Gasteiger partial charge on any atom is -0.467 e. The molecule has 3 aromatic rings. The molecular formula is C26H25ClF2N2O4. The summed E-state index contributed by atoms with van der Waals surface area (Å²) in [5.74, 6) is -2.88. The number of halogens is 3. The quantitative estimate of drug-likeness (QED) is 0.244. The number of methoxy groups -OCH3 is 1. The van der Waals surface area contributed by atoms with Crippen LogP contribution in [0.25, 0.3) is 11.3 Å². The van der Waals surface area contributed by atoms with Gasteiger partial charge in [0.15, 0.2) is 0 Å². The highest BCUT2D eigenvalue weighted by atomic mass is 35.5. The van der Waals surface area contributed by atoms with E-state index in [0.29, 0.717) is 23.7 Å². The van der Waals surface area contributed by atoms with Gasteiger partial charge >= 0.3 is 5.97 Å². The number of aromatic nitrogens is 1. The summed E-state index contributed by atoms with van der Waals surface area (Å²) in [7, 11) is 2.89. The van der Waals surface area contributed by atoms with Crippen molar-refractivity contribution >= 4 is 29.5 Å². The molecule has 0 bridgehead atoms. The molecule has 2 aromatic carbocycles. The van der Waals surface area contributed by atoms with Gasteiger partial charge in [0.2, 0.25) is 0 Å². The minimum atomic E-state index is -0.904. The Hall–Kier alpha value is -3.36. The molecule has 0 aliphatic rings. The summed E-state index contributed by atoms with van der Waals surface area (Å²) in [6.07, 6.45) is 1.03. The largest absolute Gasteiger partial charge is 0.467 e. The number of likely N-dealkylation sites (N-methyl/N-ethyl adjacent to an activating group) is 1. The third kappa shape index (κ3) is 6.01. The lowest BCUT2D eigenvalue weighted by Crippen LogP contribution is -2.39. The second-order valence-electron chi connectivity index (χ2n) is 7.92. The second-order valence-corrected chi connectivity index (χ2v) is 8.33. The van der Waals surface area contributed by atoms with Crippen LogP contribution in [0.4, 0.5) is 14.5 Å². The number of carbonyl (C=O) groups excluding carboxylic acids is 2. The molecule has 1 N–H and O–H groups in total. The molecule has 0 aliphatic carbocycles. The fourth-order valence-corrected chi connectivity index (χ4v) is 4.01. The molecule has 6 nitrogen and oxygen atoms in total. The van der Waals surface area contributed by atoms with Crippen LogP contribution in [0.15, 0.2) is 54.6 Å². The number of aliphatic hydroxyl groups is 1. The Morgan fingerprint density at radius 2 is 1.89 bits per heavy atom. The van der Waals surface area contributed by atoms with Crippen LogP contribution in [0.3, 0.4) is 0 Å². The highest BCUT2D eigenvalue weighted by Crippen LogP contribution is 2.34. The molecule has 9 heteroatoms. The average molecular weight is 503 g/mol. The predicted octanol–water partition coefficient (Wildman–Crippen LogP) is 4.76. The Bertz CT molecular complexity index is 1190. The van der Waals surface area contributed by atoms with E-state index in [0.717, 1.165) is 11.6 Å². The number of rotatable bonds is 10. The molecular weight excluding hydrogens is 478 g/mol. The lowest BCUT2D eigenvalue weighted by Gasteiger charge is -2.29. The van der Waals surface area contributed by atoms with Crippen molar-refractivity contribution in [2.24, 2.45) is 0 Å². The third-order valence-corrected chi connectivity index (χ3v) is 6.05. The monoisotopic (exact) mass is 502 g/mol. The lowest BCUT2D eigenvalue weighted by atomic mass is 9.94. The zero-order valence-electron chi connectivity index (χ0n) is 19.2. The van der Waals surface area contributed by atoms with Gasteiger partial charge in [-0.25, -0.2) is 13.6 Å². The average Bonchev–Trinajstić information content (AvgIpc) is 2.87. The van der Waals surface area contributed by atoms with Crippen LogP contribution < -0.4 is 4.90 Å². The number of pyridine rings is 1. The van der Waals surface area contributed by atoms with Crippen LogP contribution in [-0.4, -0.2) is 49.2 Å². The van der Waals surface area contributed by atoms with E-state index in [-0.39, 0.29) is 35.7 Å². The Morgan fingerprint density at radius 1 is 1.17 bits per heavy atom. The minimum absolute atomic E-state index is 0.0415. The van der Waals surface area contributed by atoms with Gasteiger partial charge < -0.3 is 19.5 Å². The first-order valence-corrected chi connectivity index (χ1v) is 11.3. The fraction of sp³-hybridized carbons (Fsp3) is 0.269. The van der Waals surface area contributed by atoms with Gasteiger partial charge in [0.25, 0.3) is 0 Å². The van der Waals surface area contributed by atoms with Crippen LogP contribution in [-0.2, 0) is 14.3 Å². The van der Waals surface area contributed by atoms with Crippen molar-refractivity contribution in [2.45, 2.75) is 24.8 Å². The molecule has 2 atom stereocenters. The van der Waals surface area contributed by atoms with E-state index in [4.69, 9.17) is 16.3 Å². The normalized spacial score (nSPS) is 12.6. The molecule has 0 aliphatic heterocycles. The maximum Gasteiger partial charge on any atom is 0.328 e. The van der Waals surface area contributed by atoms with Gasteiger partial charge in [-0.15, -0.1) is 0 Å². The van der Waals surface area contributed by atoms with Crippen molar-refractivity contribution in [2.75, 3.05) is 25.7 Å². The first-order valence-electron chi connectivity index (χ1n) is 10.9. The van der Waals surface area contributed by atoms with E-state index in [1.807, 2.05) is 30.3 Å². The molecule has 0 spiro atoms. The maximum absolute atomic E-state index is 14.8. The first-order chi connectivity index (χ1) is 16.8. The van der Waals surface area contributed by atoms with E-state index in [1.165, 1.54) is 13.2 Å². The summed E-state index contributed by atoms with van der Waals surface area (Å²) in [5.41, 5.74) is 1.73. The van der Waals surface area contributed by atoms with Crippen LogP contribution in [0, 0.1) is 11.6 Å². The van der Waals surface area contributed by atoms with Crippen LogP contribution in [0.5, 0.6) is 0 Å². The van der Waals surface area contributed by atoms with Crippen molar-refractivity contribution in [3.8, 4) is 11.3 Å². The van der Waals surface area contributed by atoms with Crippen molar-refractivity contribution in [1.82, 2.24) is 4.98 Å². The number of anilines is 1. The van der Waals surface area contributed by atoms with Crippen LogP contribution >= 0.6 is 11.6 Å². The smallest absolute Gasteiger partial charge is 0.328 e. The van der Waals surface area contributed by atoms with Crippen molar-refractivity contribution in [3.63, 3.8) is 0 Å². The SMILES string of the molecule is COC(=O)C(CCC=O)N(C)c1cc(-c2cc(Cl)c(F)cc2F)nc(C(CO)c2ccccc2)c1. The van der Waals surface area contributed by atoms with Crippen molar-refractivity contribution in [3.05, 3.63) is 82.5 Å². The van der Waals surface area contributed by atoms with Gasteiger partial charge in [0, 0.05) is 36.7 Å². The summed E-state index contributed by atoms with van der Waals surface area (Å²) in [5, 5.41) is 9.92. The zero-order valence-corrected chi connectivity index (χ0v) is 20.0. The molecule has 184 valence electrons. The van der Waals surface area contributed by atoms with Gasteiger partial charge in [0.1, 0.15) is 24.0 Å². The first kappa shape index (κ1) is 26.2. The molecule has 1 aromatic heterocycles. The number of esters is 1. The molecule has 35 heavy (non-hydrogen) atoms. The van der Waals surface area contributed by atoms with Crippen molar-refractivity contribution in [1.29, 1.82) is 0 Å². The third-order valence-electron chi connectivity index (χ3n) is 5.76. The fourth-order valence-electron chi connectivity index (χ4n) is 3.84. The van der Waals surface area contributed by atoms with E-state index in [1.54, 1.807) is 18.0 Å².